The molecular weight excluding hydrogens is 779 g/mol. The highest BCUT2D eigenvalue weighted by atomic mass is 16.5. The topological polar surface area (TPSA) is 110 Å². The van der Waals surface area contributed by atoms with Crippen molar-refractivity contribution in [2.24, 2.45) is 4.99 Å². The molecule has 0 heterocycles. The van der Waals surface area contributed by atoms with E-state index < -0.39 is 17.9 Å². The Morgan fingerprint density at radius 1 is 0.419 bits per heavy atom. The SMILES string of the molecule is CCCCCCCCCCOc1ccc(C(=O)Oc2ccc(N=Cc3cccc(C(=O)Oc4ccc(OC(=O)c5ccc(OCCCCCCCCC)cc5)cc4)c3)cc2)cc1. The van der Waals surface area contributed by atoms with Crippen LogP contribution < -0.4 is 23.7 Å². The molecule has 0 atom stereocenters. The number of aliphatic imine (C=N–C) groups is 1. The number of benzene rings is 5. The Labute approximate surface area is 367 Å². The Hall–Kier alpha value is -6.22. The maximum Gasteiger partial charge on any atom is 0.343 e. The van der Waals surface area contributed by atoms with Gasteiger partial charge in [0.15, 0.2) is 0 Å². The van der Waals surface area contributed by atoms with E-state index in [2.05, 4.69) is 18.8 Å². The minimum absolute atomic E-state index is 0.299. The highest BCUT2D eigenvalue weighted by Crippen LogP contribution is 2.23. The van der Waals surface area contributed by atoms with E-state index >= 15 is 0 Å². The lowest BCUT2D eigenvalue weighted by molar-refractivity contribution is 0.0719. The van der Waals surface area contributed by atoms with Crippen LogP contribution in [0.15, 0.2) is 126 Å². The summed E-state index contributed by atoms with van der Waals surface area (Å²) in [6.07, 6.45) is 20.1. The molecule has 0 unspecified atom stereocenters. The molecule has 0 aromatic heterocycles. The first-order valence-electron chi connectivity index (χ1n) is 22.4. The van der Waals surface area contributed by atoms with Crippen molar-refractivity contribution >= 4 is 29.8 Å². The monoisotopic (exact) mass is 839 g/mol. The molecule has 5 aromatic rings. The predicted octanol–water partition coefficient (Wildman–Crippen LogP) is 13.7. The lowest BCUT2D eigenvalue weighted by atomic mass is 10.1. The number of esters is 3. The molecule has 9 heteroatoms. The molecule has 5 aromatic carbocycles. The van der Waals surface area contributed by atoms with Crippen molar-refractivity contribution in [3.63, 3.8) is 0 Å². The Morgan fingerprint density at radius 3 is 1.23 bits per heavy atom. The van der Waals surface area contributed by atoms with Crippen molar-refractivity contribution in [2.45, 2.75) is 110 Å². The van der Waals surface area contributed by atoms with Crippen molar-refractivity contribution < 1.29 is 38.1 Å². The minimum Gasteiger partial charge on any atom is -0.494 e. The van der Waals surface area contributed by atoms with Crippen LogP contribution in [0.5, 0.6) is 28.7 Å². The molecule has 9 nitrogen and oxygen atoms in total. The largest absolute Gasteiger partial charge is 0.494 e. The van der Waals surface area contributed by atoms with Crippen LogP contribution in [-0.4, -0.2) is 37.3 Å². The van der Waals surface area contributed by atoms with Crippen molar-refractivity contribution in [1.29, 1.82) is 0 Å². The van der Waals surface area contributed by atoms with Crippen LogP contribution in [0.2, 0.25) is 0 Å². The first-order valence-corrected chi connectivity index (χ1v) is 22.4. The molecule has 0 aliphatic rings. The highest BCUT2D eigenvalue weighted by Gasteiger charge is 2.13. The molecule has 0 amide bonds. The van der Waals surface area contributed by atoms with Gasteiger partial charge in [-0.2, -0.15) is 0 Å². The van der Waals surface area contributed by atoms with E-state index in [1.807, 2.05) is 6.07 Å². The van der Waals surface area contributed by atoms with Crippen molar-refractivity contribution in [2.75, 3.05) is 13.2 Å². The standard InChI is InChI=1S/C53H61NO8/c1-3-5-7-9-11-13-15-17-38-59-46-27-21-42(22-28-46)51(55)60-48-31-25-45(26-32-48)54-40-41-19-18-20-44(39-41)53(57)62-50-35-33-49(34-36-50)61-52(56)43-23-29-47(30-24-43)58-37-16-14-12-10-8-6-4-2/h18-36,39-40H,3-17,37-38H2,1-2H3. The van der Waals surface area contributed by atoms with Crippen LogP contribution in [0.3, 0.4) is 0 Å². The van der Waals surface area contributed by atoms with Gasteiger partial charge in [0.1, 0.15) is 28.7 Å². The number of hydrogen-bond acceptors (Lipinski definition) is 9. The normalized spacial score (nSPS) is 11.0. The third-order valence-corrected chi connectivity index (χ3v) is 10.2. The summed E-state index contributed by atoms with van der Waals surface area (Å²) >= 11 is 0. The van der Waals surface area contributed by atoms with E-state index in [0.717, 1.165) is 30.8 Å². The van der Waals surface area contributed by atoms with E-state index in [1.54, 1.807) is 121 Å². The molecule has 0 aliphatic heterocycles. The minimum atomic E-state index is -0.550. The van der Waals surface area contributed by atoms with E-state index in [9.17, 15) is 14.4 Å². The summed E-state index contributed by atoms with van der Waals surface area (Å²) in [7, 11) is 0. The third kappa shape index (κ3) is 17.0. The third-order valence-electron chi connectivity index (χ3n) is 10.2. The first kappa shape index (κ1) is 46.8. The van der Waals surface area contributed by atoms with Gasteiger partial charge in [0, 0.05) is 6.21 Å². The zero-order chi connectivity index (χ0) is 43.6. The number of hydrogen-bond donors (Lipinski definition) is 0. The van der Waals surface area contributed by atoms with Crippen molar-refractivity contribution in [3.05, 3.63) is 144 Å². The van der Waals surface area contributed by atoms with Gasteiger partial charge in [-0.1, -0.05) is 109 Å². The molecule has 0 bridgehead atoms. The summed E-state index contributed by atoms with van der Waals surface area (Å²) in [6.45, 7) is 5.77. The van der Waals surface area contributed by atoms with Gasteiger partial charge >= 0.3 is 17.9 Å². The summed E-state index contributed by atoms with van der Waals surface area (Å²) in [5.41, 5.74) is 2.49. The van der Waals surface area contributed by atoms with Gasteiger partial charge in [-0.25, -0.2) is 14.4 Å². The van der Waals surface area contributed by atoms with Gasteiger partial charge in [0.2, 0.25) is 0 Å². The molecule has 5 rings (SSSR count). The summed E-state index contributed by atoms with van der Waals surface area (Å²) in [5.74, 6) is 0.949. The maximum absolute atomic E-state index is 13.0. The molecule has 0 saturated carbocycles. The Kier molecular flexibility index (Phi) is 20.3. The molecule has 0 fully saturated rings. The van der Waals surface area contributed by atoms with Gasteiger partial charge < -0.3 is 23.7 Å². The zero-order valence-electron chi connectivity index (χ0n) is 36.4. The van der Waals surface area contributed by atoms with Gasteiger partial charge in [-0.3, -0.25) is 4.99 Å². The molecule has 0 spiro atoms. The smallest absolute Gasteiger partial charge is 0.343 e. The number of rotatable bonds is 27. The fourth-order valence-corrected chi connectivity index (χ4v) is 6.62. The van der Waals surface area contributed by atoms with Crippen LogP contribution in [0.4, 0.5) is 5.69 Å². The summed E-state index contributed by atoms with van der Waals surface area (Å²) < 4.78 is 28.4. The van der Waals surface area contributed by atoms with E-state index in [0.29, 0.717) is 58.4 Å². The lowest BCUT2D eigenvalue weighted by Crippen LogP contribution is -2.10. The Bertz CT molecular complexity index is 2110. The fraction of sp³-hybridized carbons (Fsp3) is 0.358. The molecule has 62 heavy (non-hydrogen) atoms. The van der Waals surface area contributed by atoms with Crippen LogP contribution in [0.25, 0.3) is 0 Å². The second-order valence-corrected chi connectivity index (χ2v) is 15.4. The van der Waals surface area contributed by atoms with E-state index in [-0.39, 0.29) is 0 Å². The van der Waals surface area contributed by atoms with E-state index in [4.69, 9.17) is 23.7 Å². The van der Waals surface area contributed by atoms with Gasteiger partial charge in [0.05, 0.1) is 35.6 Å². The first-order chi connectivity index (χ1) is 30.4. The van der Waals surface area contributed by atoms with Gasteiger partial charge in [-0.05, 0) is 128 Å². The number of carbonyl (C=O) groups excluding carboxylic acids is 3. The number of unbranched alkanes of at least 4 members (excludes halogenated alkanes) is 13. The zero-order valence-corrected chi connectivity index (χ0v) is 36.4. The quantitative estimate of drug-likeness (QED) is 0.0222. The van der Waals surface area contributed by atoms with Crippen molar-refractivity contribution in [3.8, 4) is 28.7 Å². The second-order valence-electron chi connectivity index (χ2n) is 15.4. The predicted molar refractivity (Wildman–Crippen MR) is 246 cm³/mol. The molecular formula is C53H61NO8. The average Bonchev–Trinajstić information content (AvgIpc) is 3.30. The molecule has 0 saturated heterocycles. The van der Waals surface area contributed by atoms with Crippen LogP contribution >= 0.6 is 0 Å². The summed E-state index contributed by atoms with van der Waals surface area (Å²) in [6, 6.07) is 33.9. The fourth-order valence-electron chi connectivity index (χ4n) is 6.62. The van der Waals surface area contributed by atoms with Crippen LogP contribution in [-0.2, 0) is 0 Å². The number of carbonyl (C=O) groups is 3. The van der Waals surface area contributed by atoms with Crippen LogP contribution in [0, 0.1) is 0 Å². The van der Waals surface area contributed by atoms with Crippen molar-refractivity contribution in [1.82, 2.24) is 0 Å². The highest BCUT2D eigenvalue weighted by molar-refractivity contribution is 5.94. The van der Waals surface area contributed by atoms with E-state index in [1.165, 1.54) is 77.0 Å². The number of nitrogens with zero attached hydrogens (tertiary/aromatic N) is 1. The lowest BCUT2D eigenvalue weighted by Gasteiger charge is -2.09. The Balaban J connectivity index is 1.01. The maximum atomic E-state index is 13.0. The van der Waals surface area contributed by atoms with Gasteiger partial charge in [0.25, 0.3) is 0 Å². The van der Waals surface area contributed by atoms with Crippen LogP contribution in [0.1, 0.15) is 147 Å². The Morgan fingerprint density at radius 2 is 0.790 bits per heavy atom. The molecule has 0 N–H and O–H groups in total. The molecule has 0 radical (unpaired) electrons. The molecule has 0 aliphatic carbocycles. The second kappa shape index (κ2) is 26.9. The average molecular weight is 840 g/mol. The molecule has 326 valence electrons. The van der Waals surface area contributed by atoms with Gasteiger partial charge in [-0.15, -0.1) is 0 Å². The summed E-state index contributed by atoms with van der Waals surface area (Å²) in [4.78, 5) is 43.0. The number of ether oxygens (including phenoxy) is 5. The summed E-state index contributed by atoms with van der Waals surface area (Å²) in [5, 5.41) is 0.